The molecule has 2 heteroatoms. The Balaban J connectivity index is 0.000000305. The van der Waals surface area contributed by atoms with Crippen LogP contribution < -0.4 is 9.47 Å². The minimum atomic E-state index is -0.121. The van der Waals surface area contributed by atoms with Crippen LogP contribution in [0.4, 0.5) is 0 Å². The maximum atomic E-state index is 5.33. The van der Waals surface area contributed by atoms with E-state index >= 15 is 0 Å². The molecule has 1 saturated carbocycles. The van der Waals surface area contributed by atoms with E-state index in [2.05, 4.69) is 548 Å². The first kappa shape index (κ1) is 112. The lowest BCUT2D eigenvalue weighted by molar-refractivity contribution is 0.157. The number of benzene rings is 12. The molecule has 0 amide bonds. The summed E-state index contributed by atoms with van der Waals surface area (Å²) in [5.41, 5.74) is 19.6. The number of aryl methyl sites for hydroxylation is 1. The van der Waals surface area contributed by atoms with E-state index in [-0.39, 0.29) is 10.8 Å². The molecule has 1 aliphatic carbocycles. The lowest BCUT2D eigenvalue weighted by Crippen LogP contribution is -2.35. The van der Waals surface area contributed by atoms with Gasteiger partial charge in [0.1, 0.15) is 11.5 Å². The highest BCUT2D eigenvalue weighted by Gasteiger charge is 2.41. The minimum Gasteiger partial charge on any atom is -0.497 e. The zero-order chi connectivity index (χ0) is 96.1. The standard InChI is InChI=1S/C22H22.C17H20.C16H18.C12H18O.C12H18.C11H16.C10H14O.C10H14.C9H18.C8H18/c1-18(2)22(19-12-6-3-7-13-19,20-14-8-4-9-15-20)21-16-10-5-11-17-21;1-14(2)17(3,15-10-6-4-7-11-15)16-12-8-5-9-13-16;1-13(2)16(14-9-5-3-6-10-14)15-11-7-4-8-12-15;1-9(2)7-11-6-5-10(3)8-12(11)13-4;1-10(2)12(3,4)11-8-6-5-7-9-11;1-9(2)10(3)11-7-5-4-6-8-11;1-8(2)9-4-6-10(11-3)7-5-9;1-9(2)8-10-6-4-3-5-7-10;1-7(2)9(3,4)8-5-6-8;1-7(2,3)8(4,5)6/h3-18H,1-2H3;4-14H,1-3H3;3-13,16H,1-2H3;5-6,8-9H,7H2,1-4H3;5-10H,1-4H3;4-10H,1-3H3;4-8H,1-3H3;3-7,9H,8H2,1-2H3;7-8H,5-6H2,1-4H3;1-6H3. The van der Waals surface area contributed by atoms with Crippen LogP contribution in [-0.2, 0) is 29.1 Å². The van der Waals surface area contributed by atoms with Gasteiger partial charge in [0.15, 0.2) is 0 Å². The van der Waals surface area contributed by atoms with Crippen molar-refractivity contribution < 1.29 is 9.47 Å². The van der Waals surface area contributed by atoms with E-state index in [1.807, 2.05) is 12.1 Å². The molecular weight excluding hydrogens is 1560 g/mol. The molecule has 1 unspecified atom stereocenters. The molecule has 0 aromatic heterocycles. The normalized spacial score (nSPS) is 12.2. The molecule has 0 heterocycles. The Morgan fingerprint density at radius 3 is 0.884 bits per heavy atom. The summed E-state index contributed by atoms with van der Waals surface area (Å²) in [6.07, 6.45) is 5.24. The molecule has 0 bridgehead atoms. The third kappa shape index (κ3) is 37.2. The summed E-state index contributed by atoms with van der Waals surface area (Å²) < 4.78 is 10.4. The second-order valence-corrected chi connectivity index (χ2v) is 42.1. The van der Waals surface area contributed by atoms with Gasteiger partial charge < -0.3 is 9.47 Å². The van der Waals surface area contributed by atoms with Crippen LogP contribution >= 0.6 is 0 Å². The number of rotatable bonds is 23. The lowest BCUT2D eigenvalue weighted by atomic mass is 9.63. The summed E-state index contributed by atoms with van der Waals surface area (Å²) in [5.74, 6) is 10.1. The van der Waals surface area contributed by atoms with Gasteiger partial charge in [0, 0.05) is 16.7 Å². The van der Waals surface area contributed by atoms with Gasteiger partial charge in [0.25, 0.3) is 0 Å². The SMILES string of the molecule is CC(C)(C)C(C)(C)C.CC(C)C(C)(C)C1CC1.CC(C)C(C)(C)c1ccccc1.CC(C)C(C)(c1ccccc1)c1ccccc1.CC(C)C(C)c1ccccc1.CC(C)C(c1ccccc1)(c1ccccc1)c1ccccc1.CC(C)C(c1ccccc1)c1ccccc1.CC(C)Cc1ccccc1.COc1cc(C)ccc1CC(C)C.COc1ccc(C(C)C)cc1. The van der Waals surface area contributed by atoms with Crippen molar-refractivity contribution >= 4 is 0 Å². The highest BCUT2D eigenvalue weighted by atomic mass is 16.5. The van der Waals surface area contributed by atoms with Gasteiger partial charge in [-0.1, -0.05) is 535 Å². The van der Waals surface area contributed by atoms with Crippen molar-refractivity contribution in [2.45, 2.75) is 274 Å². The molecule has 0 saturated heterocycles. The van der Waals surface area contributed by atoms with Crippen molar-refractivity contribution in [1.29, 1.82) is 0 Å². The first-order chi connectivity index (χ1) is 60.9. The van der Waals surface area contributed by atoms with Crippen molar-refractivity contribution in [3.8, 4) is 11.5 Å². The molecule has 1 atom stereocenters. The molecule has 1 aliphatic rings. The molecule has 12 aromatic rings. The molecule has 0 aliphatic heterocycles. The fraction of sp³-hybridized carbons (Fsp3) is 0.433. The Bertz CT molecular complexity index is 4600. The molecule has 0 spiro atoms. The minimum absolute atomic E-state index is 0.0858. The van der Waals surface area contributed by atoms with E-state index in [9.17, 15) is 0 Å². The average molecular weight is 1730 g/mol. The van der Waals surface area contributed by atoms with E-state index in [1.54, 1.807) is 14.2 Å². The third-order valence-electron chi connectivity index (χ3n) is 27.4. The Morgan fingerprint density at radius 1 is 0.295 bits per heavy atom. The van der Waals surface area contributed by atoms with Crippen molar-refractivity contribution in [3.63, 3.8) is 0 Å². The van der Waals surface area contributed by atoms with Crippen LogP contribution in [0.25, 0.3) is 0 Å². The van der Waals surface area contributed by atoms with Crippen molar-refractivity contribution in [3.05, 3.63) is 418 Å². The van der Waals surface area contributed by atoms with Crippen molar-refractivity contribution in [2.24, 2.45) is 69.5 Å². The van der Waals surface area contributed by atoms with E-state index in [0.29, 0.717) is 69.0 Å². The highest BCUT2D eigenvalue weighted by Crippen LogP contribution is 2.50. The largest absolute Gasteiger partial charge is 0.497 e. The Morgan fingerprint density at radius 2 is 0.620 bits per heavy atom. The molecule has 1 fully saturated rings. The monoisotopic (exact) mass is 1730 g/mol. The summed E-state index contributed by atoms with van der Waals surface area (Å²) >= 11 is 0. The second-order valence-electron chi connectivity index (χ2n) is 42.1. The summed E-state index contributed by atoms with van der Waals surface area (Å²) in [4.78, 5) is 0. The molecular formula is C127H176O2. The zero-order valence-corrected chi connectivity index (χ0v) is 87.0. The number of methoxy groups -OCH3 is 2. The quantitative estimate of drug-likeness (QED) is 0.0594. The fourth-order valence-electron chi connectivity index (χ4n) is 15.5. The van der Waals surface area contributed by atoms with Gasteiger partial charge in [-0.05, 0) is 210 Å². The van der Waals surface area contributed by atoms with Crippen LogP contribution in [0.2, 0.25) is 0 Å². The first-order valence-corrected chi connectivity index (χ1v) is 48.7. The van der Waals surface area contributed by atoms with E-state index in [4.69, 9.17) is 9.47 Å². The van der Waals surface area contributed by atoms with Crippen molar-refractivity contribution in [1.82, 2.24) is 0 Å². The van der Waals surface area contributed by atoms with E-state index < -0.39 is 0 Å². The van der Waals surface area contributed by atoms with Gasteiger partial charge in [-0.25, -0.2) is 0 Å². The van der Waals surface area contributed by atoms with E-state index in [1.165, 1.54) is 91.6 Å². The van der Waals surface area contributed by atoms with Gasteiger partial charge in [-0.3, -0.25) is 0 Å². The Labute approximate surface area is 791 Å². The summed E-state index contributed by atoms with van der Waals surface area (Å²) in [6, 6.07) is 122. The topological polar surface area (TPSA) is 18.5 Å². The third-order valence-corrected chi connectivity index (χ3v) is 27.4. The molecule has 696 valence electrons. The Hall–Kier alpha value is -9.76. The summed E-state index contributed by atoms with van der Waals surface area (Å²) in [6.45, 7) is 70.5. The smallest absolute Gasteiger partial charge is 0.122 e. The molecule has 2 nitrogen and oxygen atoms in total. The maximum Gasteiger partial charge on any atom is 0.122 e. The second kappa shape index (κ2) is 56.1. The van der Waals surface area contributed by atoms with Gasteiger partial charge in [0.05, 0.1) is 14.2 Å². The van der Waals surface area contributed by atoms with E-state index in [0.717, 1.165) is 41.6 Å². The predicted molar refractivity (Wildman–Crippen MR) is 570 cm³/mol. The molecule has 0 N–H and O–H groups in total. The average Bonchev–Trinajstić information content (AvgIpc) is 1.62. The number of hydrogen-bond donors (Lipinski definition) is 0. The van der Waals surface area contributed by atoms with Gasteiger partial charge >= 0.3 is 0 Å². The van der Waals surface area contributed by atoms with Crippen LogP contribution in [0.3, 0.4) is 0 Å². The maximum absolute atomic E-state index is 5.33. The molecule has 129 heavy (non-hydrogen) atoms. The van der Waals surface area contributed by atoms with Crippen LogP contribution in [0.1, 0.15) is 311 Å². The van der Waals surface area contributed by atoms with Crippen LogP contribution in [-0.4, -0.2) is 14.2 Å². The van der Waals surface area contributed by atoms with Crippen LogP contribution in [0.5, 0.6) is 11.5 Å². The van der Waals surface area contributed by atoms with Crippen LogP contribution in [0.15, 0.2) is 346 Å². The summed E-state index contributed by atoms with van der Waals surface area (Å²) in [7, 11) is 3.42. The van der Waals surface area contributed by atoms with Gasteiger partial charge in [-0.2, -0.15) is 0 Å². The predicted octanol–water partition coefficient (Wildman–Crippen LogP) is 36.9. The Kier molecular flexibility index (Phi) is 48.5. The van der Waals surface area contributed by atoms with Gasteiger partial charge in [0.2, 0.25) is 0 Å². The lowest BCUT2D eigenvalue weighted by Gasteiger charge is -2.39. The highest BCUT2D eigenvalue weighted by molar-refractivity contribution is 5.51. The van der Waals surface area contributed by atoms with Gasteiger partial charge in [-0.15, -0.1) is 0 Å². The van der Waals surface area contributed by atoms with Crippen LogP contribution in [0, 0.1) is 76.4 Å². The first-order valence-electron chi connectivity index (χ1n) is 48.7. The number of hydrogen-bond acceptors (Lipinski definition) is 2. The zero-order valence-electron chi connectivity index (χ0n) is 87.0. The fourth-order valence-corrected chi connectivity index (χ4v) is 15.5. The summed E-state index contributed by atoms with van der Waals surface area (Å²) in [5, 5.41) is 0. The molecule has 0 radical (unpaired) electrons. The molecule has 12 aromatic carbocycles. The van der Waals surface area contributed by atoms with Crippen molar-refractivity contribution in [2.75, 3.05) is 14.2 Å². The number of ether oxygens (including phenoxy) is 2. The molecule has 13 rings (SSSR count).